The lowest BCUT2D eigenvalue weighted by Gasteiger charge is -2.13. The molecule has 0 aliphatic heterocycles. The van der Waals surface area contributed by atoms with Gasteiger partial charge in [0.05, 0.1) is 12.8 Å². The summed E-state index contributed by atoms with van der Waals surface area (Å²) in [6.45, 7) is 5.74. The van der Waals surface area contributed by atoms with E-state index in [-0.39, 0.29) is 5.75 Å². The maximum Gasteiger partial charge on any atom is 0.280 e. The topological polar surface area (TPSA) is 80.2 Å². The second-order valence-electron chi connectivity index (χ2n) is 5.57. The molecule has 0 aliphatic carbocycles. The van der Waals surface area contributed by atoms with Gasteiger partial charge in [0.1, 0.15) is 5.75 Å². The summed E-state index contributed by atoms with van der Waals surface area (Å²) in [7, 11) is 0. The van der Waals surface area contributed by atoms with E-state index in [4.69, 9.17) is 21.1 Å². The highest BCUT2D eigenvalue weighted by Crippen LogP contribution is 2.26. The third-order valence-corrected chi connectivity index (χ3v) is 3.91. The van der Waals surface area contributed by atoms with Crippen LogP contribution in [0.1, 0.15) is 25.0 Å². The summed E-state index contributed by atoms with van der Waals surface area (Å²) >= 11 is 5.97. The van der Waals surface area contributed by atoms with Crippen LogP contribution in [0.4, 0.5) is 0 Å². The molecule has 0 radical (unpaired) electrons. The molecule has 0 aromatic heterocycles. The zero-order chi connectivity index (χ0) is 19.1. The number of hydrazone groups is 1. The fourth-order valence-electron chi connectivity index (χ4n) is 2.09. The van der Waals surface area contributed by atoms with E-state index in [1.807, 2.05) is 13.8 Å². The van der Waals surface area contributed by atoms with E-state index in [1.54, 1.807) is 37.3 Å². The molecular weight excluding hydrogens is 356 g/mol. The number of amides is 1. The number of hydrogen-bond acceptors (Lipinski definition) is 5. The monoisotopic (exact) mass is 376 g/mol. The number of nitrogens with zero attached hydrogens (tertiary/aromatic N) is 1. The van der Waals surface area contributed by atoms with Gasteiger partial charge in [-0.2, -0.15) is 5.10 Å². The van der Waals surface area contributed by atoms with Crippen LogP contribution < -0.4 is 14.9 Å². The smallest absolute Gasteiger partial charge is 0.280 e. The Bertz CT molecular complexity index is 808. The molecule has 26 heavy (non-hydrogen) atoms. The number of phenolic OH excluding ortho intramolecular Hbond substituents is 1. The molecule has 0 aliphatic rings. The predicted octanol–water partition coefficient (Wildman–Crippen LogP) is 3.67. The molecule has 0 spiro atoms. The van der Waals surface area contributed by atoms with Crippen molar-refractivity contribution < 1.29 is 19.4 Å². The molecule has 0 saturated carbocycles. The predicted molar refractivity (Wildman–Crippen MR) is 101 cm³/mol. The van der Waals surface area contributed by atoms with Crippen molar-refractivity contribution >= 4 is 23.7 Å². The van der Waals surface area contributed by atoms with Gasteiger partial charge in [0.25, 0.3) is 5.91 Å². The first-order chi connectivity index (χ1) is 12.4. The van der Waals surface area contributed by atoms with Gasteiger partial charge in [0.2, 0.25) is 0 Å². The Morgan fingerprint density at radius 1 is 1.35 bits per heavy atom. The van der Waals surface area contributed by atoms with Gasteiger partial charge in [-0.15, -0.1) is 0 Å². The van der Waals surface area contributed by atoms with Gasteiger partial charge >= 0.3 is 0 Å². The molecule has 2 rings (SSSR count). The molecule has 138 valence electrons. The van der Waals surface area contributed by atoms with Crippen LogP contribution in [0, 0.1) is 6.92 Å². The normalized spacial score (nSPS) is 12.0. The molecule has 0 fully saturated rings. The van der Waals surface area contributed by atoms with Crippen LogP contribution in [-0.4, -0.2) is 29.9 Å². The van der Waals surface area contributed by atoms with Crippen molar-refractivity contribution in [1.82, 2.24) is 5.43 Å². The molecule has 1 amide bonds. The number of aryl methyl sites for hydroxylation is 1. The molecule has 7 heteroatoms. The Morgan fingerprint density at radius 2 is 2.12 bits per heavy atom. The SMILES string of the molecule is CCOc1cc(C=NNC(=O)[C@@H](C)Oc2ccc(Cl)c(C)c2)ccc1O. The Kier molecular flexibility index (Phi) is 6.86. The van der Waals surface area contributed by atoms with Crippen molar-refractivity contribution in [3.8, 4) is 17.2 Å². The molecule has 0 heterocycles. The maximum absolute atomic E-state index is 12.1. The lowest BCUT2D eigenvalue weighted by molar-refractivity contribution is -0.127. The Labute approximate surface area is 157 Å². The number of phenols is 1. The Hall–Kier alpha value is -2.73. The van der Waals surface area contributed by atoms with Gasteiger partial charge in [-0.25, -0.2) is 5.43 Å². The minimum Gasteiger partial charge on any atom is -0.504 e. The van der Waals surface area contributed by atoms with Crippen LogP contribution in [0.5, 0.6) is 17.2 Å². The minimum atomic E-state index is -0.730. The molecule has 2 aromatic rings. The van der Waals surface area contributed by atoms with Crippen LogP contribution >= 0.6 is 11.6 Å². The van der Waals surface area contributed by atoms with Crippen molar-refractivity contribution in [1.29, 1.82) is 0 Å². The summed E-state index contributed by atoms with van der Waals surface area (Å²) < 4.78 is 10.9. The first-order valence-electron chi connectivity index (χ1n) is 8.12. The number of rotatable bonds is 7. The van der Waals surface area contributed by atoms with Crippen LogP contribution in [0.2, 0.25) is 5.02 Å². The van der Waals surface area contributed by atoms with E-state index in [2.05, 4.69) is 10.5 Å². The summed E-state index contributed by atoms with van der Waals surface area (Å²) in [5, 5.41) is 14.2. The van der Waals surface area contributed by atoms with E-state index >= 15 is 0 Å². The van der Waals surface area contributed by atoms with E-state index in [0.29, 0.717) is 28.7 Å². The fourth-order valence-corrected chi connectivity index (χ4v) is 2.21. The number of carbonyl (C=O) groups is 1. The van der Waals surface area contributed by atoms with Gasteiger partial charge in [-0.05, 0) is 68.3 Å². The summed E-state index contributed by atoms with van der Waals surface area (Å²) in [6, 6.07) is 9.97. The molecular formula is C19H21ClN2O4. The van der Waals surface area contributed by atoms with E-state index in [9.17, 15) is 9.90 Å². The standard InChI is InChI=1S/C19H21ClN2O4/c1-4-25-18-10-14(5-8-17(18)23)11-21-22-19(24)13(3)26-15-6-7-16(20)12(2)9-15/h5-11,13,23H,4H2,1-3H3,(H,22,24)/t13-/m1/s1. The third kappa shape index (κ3) is 5.39. The summed E-state index contributed by atoms with van der Waals surface area (Å²) in [5.74, 6) is 0.571. The number of nitrogens with one attached hydrogen (secondary N) is 1. The molecule has 0 unspecified atom stereocenters. The zero-order valence-electron chi connectivity index (χ0n) is 14.8. The zero-order valence-corrected chi connectivity index (χ0v) is 15.6. The number of carbonyl (C=O) groups excluding carboxylic acids is 1. The average molecular weight is 377 g/mol. The largest absolute Gasteiger partial charge is 0.504 e. The van der Waals surface area contributed by atoms with Gasteiger partial charge < -0.3 is 14.6 Å². The van der Waals surface area contributed by atoms with E-state index in [0.717, 1.165) is 5.56 Å². The van der Waals surface area contributed by atoms with Gasteiger partial charge in [-0.1, -0.05) is 11.6 Å². The van der Waals surface area contributed by atoms with E-state index in [1.165, 1.54) is 12.3 Å². The first-order valence-corrected chi connectivity index (χ1v) is 8.50. The Morgan fingerprint density at radius 3 is 2.81 bits per heavy atom. The summed E-state index contributed by atoms with van der Waals surface area (Å²) in [5.41, 5.74) is 3.96. The van der Waals surface area contributed by atoms with Gasteiger partial charge in [0.15, 0.2) is 17.6 Å². The van der Waals surface area contributed by atoms with Gasteiger partial charge in [-0.3, -0.25) is 4.79 Å². The molecule has 0 saturated heterocycles. The number of benzene rings is 2. The van der Waals surface area contributed by atoms with Crippen molar-refractivity contribution in [3.05, 3.63) is 52.5 Å². The molecule has 2 N–H and O–H groups in total. The lowest BCUT2D eigenvalue weighted by Crippen LogP contribution is -2.33. The highest BCUT2D eigenvalue weighted by Gasteiger charge is 2.14. The van der Waals surface area contributed by atoms with Crippen molar-refractivity contribution in [2.24, 2.45) is 5.10 Å². The third-order valence-electron chi connectivity index (χ3n) is 3.48. The van der Waals surface area contributed by atoms with Crippen molar-refractivity contribution in [3.63, 3.8) is 0 Å². The minimum absolute atomic E-state index is 0.0494. The summed E-state index contributed by atoms with van der Waals surface area (Å²) in [4.78, 5) is 12.1. The first kappa shape index (κ1) is 19.6. The second kappa shape index (κ2) is 9.10. The highest BCUT2D eigenvalue weighted by molar-refractivity contribution is 6.31. The Balaban J connectivity index is 1.93. The number of halogens is 1. The van der Waals surface area contributed by atoms with E-state index < -0.39 is 12.0 Å². The fraction of sp³-hybridized carbons (Fsp3) is 0.263. The number of ether oxygens (including phenoxy) is 2. The number of aromatic hydroxyl groups is 1. The summed E-state index contributed by atoms with van der Waals surface area (Å²) in [6.07, 6.45) is 0.727. The molecule has 6 nitrogen and oxygen atoms in total. The van der Waals surface area contributed by atoms with Crippen LogP contribution in [0.3, 0.4) is 0 Å². The quantitative estimate of drug-likeness (QED) is 0.570. The van der Waals surface area contributed by atoms with Crippen LogP contribution in [0.25, 0.3) is 0 Å². The second-order valence-corrected chi connectivity index (χ2v) is 5.97. The molecule has 0 bridgehead atoms. The number of hydrogen-bond donors (Lipinski definition) is 2. The maximum atomic E-state index is 12.1. The van der Waals surface area contributed by atoms with Crippen LogP contribution in [0.15, 0.2) is 41.5 Å². The van der Waals surface area contributed by atoms with Crippen molar-refractivity contribution in [2.75, 3.05) is 6.61 Å². The van der Waals surface area contributed by atoms with Crippen molar-refractivity contribution in [2.45, 2.75) is 26.9 Å². The van der Waals surface area contributed by atoms with Gasteiger partial charge in [0, 0.05) is 5.02 Å². The van der Waals surface area contributed by atoms with Crippen LogP contribution in [-0.2, 0) is 4.79 Å². The molecule has 2 aromatic carbocycles. The molecule has 1 atom stereocenters. The lowest BCUT2D eigenvalue weighted by atomic mass is 10.2. The highest BCUT2D eigenvalue weighted by atomic mass is 35.5. The average Bonchev–Trinajstić information content (AvgIpc) is 2.61.